The van der Waals surface area contributed by atoms with Crippen LogP contribution in [-0.2, 0) is 14.9 Å². The van der Waals surface area contributed by atoms with Gasteiger partial charge in [-0.3, -0.25) is 9.36 Å². The summed E-state index contributed by atoms with van der Waals surface area (Å²) in [6.07, 6.45) is 0. The van der Waals surface area contributed by atoms with Crippen LogP contribution in [-0.4, -0.2) is 33.6 Å². The third kappa shape index (κ3) is 4.39. The molecule has 0 fully saturated rings. The number of esters is 1. The van der Waals surface area contributed by atoms with E-state index in [1.165, 1.54) is 24.4 Å². The number of carbonyl (C=O) groups is 1. The van der Waals surface area contributed by atoms with E-state index in [0.29, 0.717) is 5.16 Å². The van der Waals surface area contributed by atoms with Crippen molar-refractivity contribution in [3.8, 4) is 17.1 Å². The first-order chi connectivity index (χ1) is 12.9. The number of ether oxygens (including phenoxy) is 1. The summed E-state index contributed by atoms with van der Waals surface area (Å²) in [5.74, 6) is 0.637. The van der Waals surface area contributed by atoms with Gasteiger partial charge >= 0.3 is 5.97 Å². The molecular formula is C21H23N3O2S. The van der Waals surface area contributed by atoms with Crippen molar-refractivity contribution in [1.82, 2.24) is 14.8 Å². The summed E-state index contributed by atoms with van der Waals surface area (Å²) in [5, 5.41) is 9.37. The molecule has 5 nitrogen and oxygen atoms in total. The lowest BCUT2D eigenvalue weighted by Crippen LogP contribution is -2.10. The average molecular weight is 382 g/mol. The minimum absolute atomic E-state index is 0.0904. The maximum absolute atomic E-state index is 11.5. The van der Waals surface area contributed by atoms with E-state index in [1.807, 2.05) is 34.9 Å². The monoisotopic (exact) mass is 381 g/mol. The second kappa shape index (κ2) is 7.96. The third-order valence-electron chi connectivity index (χ3n) is 4.20. The number of methoxy groups -OCH3 is 1. The molecule has 0 saturated carbocycles. The van der Waals surface area contributed by atoms with E-state index in [-0.39, 0.29) is 17.1 Å². The number of carbonyl (C=O) groups excluding carboxylic acids is 1. The minimum Gasteiger partial charge on any atom is -0.468 e. The SMILES string of the molecule is COC(=O)CSc1nnc(-c2ccc(C(C)(C)C)cc2)n1-c1ccccc1. The molecule has 0 aliphatic carbocycles. The van der Waals surface area contributed by atoms with Crippen LogP contribution >= 0.6 is 11.8 Å². The highest BCUT2D eigenvalue weighted by atomic mass is 32.2. The van der Waals surface area contributed by atoms with Crippen molar-refractivity contribution in [2.75, 3.05) is 12.9 Å². The summed E-state index contributed by atoms with van der Waals surface area (Å²) in [5.41, 5.74) is 3.28. The Morgan fingerprint density at radius 2 is 1.70 bits per heavy atom. The molecule has 0 spiro atoms. The number of hydrogen-bond acceptors (Lipinski definition) is 5. The third-order valence-corrected chi connectivity index (χ3v) is 5.11. The number of thioether (sulfide) groups is 1. The zero-order valence-electron chi connectivity index (χ0n) is 16.0. The van der Waals surface area contributed by atoms with Gasteiger partial charge in [0.05, 0.1) is 12.9 Å². The number of benzene rings is 2. The van der Waals surface area contributed by atoms with Crippen molar-refractivity contribution < 1.29 is 9.53 Å². The fourth-order valence-corrected chi connectivity index (χ4v) is 3.45. The van der Waals surface area contributed by atoms with E-state index in [2.05, 4.69) is 55.2 Å². The second-order valence-corrected chi connectivity index (χ2v) is 8.11. The van der Waals surface area contributed by atoms with Gasteiger partial charge in [-0.1, -0.05) is 75.0 Å². The van der Waals surface area contributed by atoms with E-state index in [4.69, 9.17) is 4.74 Å². The van der Waals surface area contributed by atoms with Gasteiger partial charge in [0.25, 0.3) is 0 Å². The molecule has 0 amide bonds. The first kappa shape index (κ1) is 19.2. The zero-order chi connectivity index (χ0) is 19.4. The molecule has 0 unspecified atom stereocenters. The summed E-state index contributed by atoms with van der Waals surface area (Å²) in [4.78, 5) is 11.5. The van der Waals surface area contributed by atoms with Gasteiger partial charge in [0.2, 0.25) is 0 Å². The van der Waals surface area contributed by atoms with Crippen LogP contribution < -0.4 is 0 Å². The number of para-hydroxylation sites is 1. The molecule has 0 aliphatic heterocycles. The van der Waals surface area contributed by atoms with Gasteiger partial charge in [-0.2, -0.15) is 0 Å². The highest BCUT2D eigenvalue weighted by Crippen LogP contribution is 2.30. The smallest absolute Gasteiger partial charge is 0.316 e. The Hall–Kier alpha value is -2.60. The first-order valence-electron chi connectivity index (χ1n) is 8.71. The highest BCUT2D eigenvalue weighted by Gasteiger charge is 2.18. The van der Waals surface area contributed by atoms with Gasteiger partial charge in [-0.25, -0.2) is 0 Å². The number of hydrogen-bond donors (Lipinski definition) is 0. The van der Waals surface area contributed by atoms with Gasteiger partial charge in [-0.05, 0) is 23.1 Å². The molecule has 2 aromatic carbocycles. The molecule has 3 aromatic rings. The van der Waals surface area contributed by atoms with Crippen LogP contribution in [0.4, 0.5) is 0 Å². The van der Waals surface area contributed by atoms with Crippen LogP contribution in [0.2, 0.25) is 0 Å². The fourth-order valence-electron chi connectivity index (χ4n) is 2.66. The predicted molar refractivity (Wildman–Crippen MR) is 108 cm³/mol. The summed E-state index contributed by atoms with van der Waals surface area (Å²) in [6.45, 7) is 6.57. The summed E-state index contributed by atoms with van der Waals surface area (Å²) < 4.78 is 6.71. The minimum atomic E-state index is -0.293. The molecule has 6 heteroatoms. The lowest BCUT2D eigenvalue weighted by molar-refractivity contribution is -0.137. The van der Waals surface area contributed by atoms with E-state index in [9.17, 15) is 4.79 Å². The van der Waals surface area contributed by atoms with Gasteiger partial charge in [-0.15, -0.1) is 10.2 Å². The van der Waals surface area contributed by atoms with Crippen LogP contribution in [0.3, 0.4) is 0 Å². The van der Waals surface area contributed by atoms with E-state index in [0.717, 1.165) is 17.1 Å². The molecule has 0 radical (unpaired) electrons. The van der Waals surface area contributed by atoms with Crippen LogP contribution in [0.15, 0.2) is 59.8 Å². The van der Waals surface area contributed by atoms with Crippen molar-refractivity contribution in [3.63, 3.8) is 0 Å². The zero-order valence-corrected chi connectivity index (χ0v) is 16.8. The lowest BCUT2D eigenvalue weighted by atomic mass is 9.87. The Morgan fingerprint density at radius 3 is 2.30 bits per heavy atom. The molecule has 1 heterocycles. The second-order valence-electron chi connectivity index (χ2n) is 7.17. The van der Waals surface area contributed by atoms with Gasteiger partial charge in [0.1, 0.15) is 0 Å². The Morgan fingerprint density at radius 1 is 1.04 bits per heavy atom. The standard InChI is InChI=1S/C21H23N3O2S/c1-21(2,3)16-12-10-15(11-13-16)19-22-23-20(27-14-18(25)26-4)24(19)17-8-6-5-7-9-17/h5-13H,14H2,1-4H3. The molecule has 0 atom stereocenters. The predicted octanol–water partition coefficient (Wildman–Crippen LogP) is 4.50. The topological polar surface area (TPSA) is 57.0 Å². The van der Waals surface area contributed by atoms with E-state index >= 15 is 0 Å². The molecule has 0 N–H and O–H groups in total. The Bertz CT molecular complexity index is 913. The van der Waals surface area contributed by atoms with Crippen LogP contribution in [0.1, 0.15) is 26.3 Å². The summed E-state index contributed by atoms with van der Waals surface area (Å²) >= 11 is 1.31. The van der Waals surface area contributed by atoms with Crippen LogP contribution in [0, 0.1) is 0 Å². The highest BCUT2D eigenvalue weighted by molar-refractivity contribution is 7.99. The number of aromatic nitrogens is 3. The maximum Gasteiger partial charge on any atom is 0.316 e. The van der Waals surface area contributed by atoms with Crippen molar-refractivity contribution in [1.29, 1.82) is 0 Å². The van der Waals surface area contributed by atoms with Gasteiger partial charge in [0, 0.05) is 11.3 Å². The summed E-state index contributed by atoms with van der Waals surface area (Å²) in [7, 11) is 1.38. The normalized spacial score (nSPS) is 11.4. The molecule has 0 saturated heterocycles. The molecule has 1 aromatic heterocycles. The number of nitrogens with zero attached hydrogens (tertiary/aromatic N) is 3. The van der Waals surface area contributed by atoms with Crippen molar-refractivity contribution in [3.05, 3.63) is 60.2 Å². The molecule has 0 bridgehead atoms. The van der Waals surface area contributed by atoms with Crippen LogP contribution in [0.5, 0.6) is 0 Å². The lowest BCUT2D eigenvalue weighted by Gasteiger charge is -2.19. The summed E-state index contributed by atoms with van der Waals surface area (Å²) in [6, 6.07) is 18.3. The van der Waals surface area contributed by atoms with Crippen LogP contribution in [0.25, 0.3) is 17.1 Å². The van der Waals surface area contributed by atoms with Gasteiger partial charge in [0.15, 0.2) is 11.0 Å². The molecule has 140 valence electrons. The molecule has 27 heavy (non-hydrogen) atoms. The van der Waals surface area contributed by atoms with Gasteiger partial charge < -0.3 is 4.74 Å². The molecule has 3 rings (SSSR count). The van der Waals surface area contributed by atoms with Crippen molar-refractivity contribution in [2.24, 2.45) is 0 Å². The average Bonchev–Trinajstić information content (AvgIpc) is 3.10. The molecule has 0 aliphatic rings. The van der Waals surface area contributed by atoms with Crippen molar-refractivity contribution in [2.45, 2.75) is 31.3 Å². The van der Waals surface area contributed by atoms with Crippen molar-refractivity contribution >= 4 is 17.7 Å². The molecular weight excluding hydrogens is 358 g/mol. The Kier molecular flexibility index (Phi) is 5.65. The quantitative estimate of drug-likeness (QED) is 0.481. The Balaban J connectivity index is 2.02. The van der Waals surface area contributed by atoms with E-state index < -0.39 is 0 Å². The maximum atomic E-state index is 11.5. The van der Waals surface area contributed by atoms with E-state index in [1.54, 1.807) is 0 Å². The Labute approximate surface area is 163 Å². The largest absolute Gasteiger partial charge is 0.468 e. The fraction of sp³-hybridized carbons (Fsp3) is 0.286. The number of rotatable bonds is 5. The first-order valence-corrected chi connectivity index (χ1v) is 9.70.